The van der Waals surface area contributed by atoms with Crippen LogP contribution >= 0.6 is 0 Å². The minimum absolute atomic E-state index is 0.0515. The van der Waals surface area contributed by atoms with Crippen LogP contribution in [0.5, 0.6) is 0 Å². The Kier molecular flexibility index (Phi) is 5.42. The molecule has 5 nitrogen and oxygen atoms in total. The van der Waals surface area contributed by atoms with Crippen LogP contribution in [0.25, 0.3) is 0 Å². The second-order valence-electron chi connectivity index (χ2n) is 4.44. The molecule has 1 saturated heterocycles. The molecule has 1 unspecified atom stereocenters. The summed E-state index contributed by atoms with van der Waals surface area (Å²) in [6.45, 7) is 2.37. The summed E-state index contributed by atoms with van der Waals surface area (Å²) in [6.07, 6.45) is 3.57. The second-order valence-corrected chi connectivity index (χ2v) is 4.44. The number of rotatable bonds is 6. The van der Waals surface area contributed by atoms with Crippen LogP contribution in [0.3, 0.4) is 0 Å². The van der Waals surface area contributed by atoms with Gasteiger partial charge in [0.05, 0.1) is 13.0 Å². The van der Waals surface area contributed by atoms with Crippen LogP contribution in [0.1, 0.15) is 32.1 Å². The predicted molar refractivity (Wildman–Crippen MR) is 60.1 cm³/mol. The SMILES string of the molecule is NC(CC(=O)O)CC(=O)CN1CCCCC1. The number of likely N-dealkylation sites (tertiary alicyclic amines) is 1. The quantitative estimate of drug-likeness (QED) is 0.680. The zero-order valence-electron chi connectivity index (χ0n) is 9.52. The van der Waals surface area contributed by atoms with E-state index >= 15 is 0 Å². The zero-order chi connectivity index (χ0) is 12.0. The number of nitrogens with zero attached hydrogens (tertiary/aromatic N) is 1. The number of Topliss-reactive ketones (excluding diaryl/α,β-unsaturated/α-hetero) is 1. The van der Waals surface area contributed by atoms with Crippen molar-refractivity contribution in [3.05, 3.63) is 0 Å². The zero-order valence-corrected chi connectivity index (χ0v) is 9.52. The summed E-state index contributed by atoms with van der Waals surface area (Å²) in [6, 6.07) is -0.546. The topological polar surface area (TPSA) is 83.6 Å². The summed E-state index contributed by atoms with van der Waals surface area (Å²) < 4.78 is 0. The molecular formula is C11H20N2O3. The van der Waals surface area contributed by atoms with Crippen molar-refractivity contribution >= 4 is 11.8 Å². The van der Waals surface area contributed by atoms with Gasteiger partial charge in [-0.05, 0) is 25.9 Å². The summed E-state index contributed by atoms with van der Waals surface area (Å²) in [5, 5.41) is 8.52. The number of carboxylic acids is 1. The monoisotopic (exact) mass is 228 g/mol. The van der Waals surface area contributed by atoms with Crippen molar-refractivity contribution in [2.24, 2.45) is 5.73 Å². The van der Waals surface area contributed by atoms with E-state index in [1.807, 2.05) is 0 Å². The van der Waals surface area contributed by atoms with Gasteiger partial charge in [0.2, 0.25) is 0 Å². The van der Waals surface area contributed by atoms with Gasteiger partial charge in [0.25, 0.3) is 0 Å². The molecule has 0 amide bonds. The minimum Gasteiger partial charge on any atom is -0.481 e. The van der Waals surface area contributed by atoms with E-state index in [1.165, 1.54) is 6.42 Å². The molecule has 0 bridgehead atoms. The Hall–Kier alpha value is -0.940. The molecule has 1 atom stereocenters. The molecule has 0 aromatic heterocycles. The van der Waals surface area contributed by atoms with Crippen molar-refractivity contribution in [3.63, 3.8) is 0 Å². The van der Waals surface area contributed by atoms with Gasteiger partial charge >= 0.3 is 5.97 Å². The lowest BCUT2D eigenvalue weighted by Crippen LogP contribution is -2.37. The van der Waals surface area contributed by atoms with E-state index in [0.29, 0.717) is 6.54 Å². The minimum atomic E-state index is -0.946. The highest BCUT2D eigenvalue weighted by Gasteiger charge is 2.17. The van der Waals surface area contributed by atoms with Crippen molar-refractivity contribution < 1.29 is 14.7 Å². The van der Waals surface area contributed by atoms with E-state index < -0.39 is 12.0 Å². The molecule has 92 valence electrons. The van der Waals surface area contributed by atoms with Gasteiger partial charge < -0.3 is 10.8 Å². The molecule has 0 aliphatic carbocycles. The third kappa shape index (κ3) is 5.23. The highest BCUT2D eigenvalue weighted by Crippen LogP contribution is 2.09. The molecule has 1 aliphatic rings. The summed E-state index contributed by atoms with van der Waals surface area (Å²) in [4.78, 5) is 24.1. The van der Waals surface area contributed by atoms with E-state index in [4.69, 9.17) is 10.8 Å². The first-order valence-electron chi connectivity index (χ1n) is 5.79. The summed E-state index contributed by atoms with van der Waals surface area (Å²) in [5.74, 6) is -0.895. The first-order valence-corrected chi connectivity index (χ1v) is 5.79. The van der Waals surface area contributed by atoms with Gasteiger partial charge in [-0.15, -0.1) is 0 Å². The maximum Gasteiger partial charge on any atom is 0.304 e. The number of hydrogen-bond acceptors (Lipinski definition) is 4. The van der Waals surface area contributed by atoms with Crippen LogP contribution in [-0.4, -0.2) is 47.4 Å². The molecule has 1 rings (SSSR count). The molecule has 1 aliphatic heterocycles. The van der Waals surface area contributed by atoms with Crippen LogP contribution < -0.4 is 5.73 Å². The highest BCUT2D eigenvalue weighted by atomic mass is 16.4. The number of carboxylic acid groups (broad SMARTS) is 1. The van der Waals surface area contributed by atoms with Crippen LogP contribution in [-0.2, 0) is 9.59 Å². The number of hydrogen-bond donors (Lipinski definition) is 2. The normalized spacial score (nSPS) is 19.3. The first-order chi connectivity index (χ1) is 7.58. The third-order valence-corrected chi connectivity index (χ3v) is 2.78. The molecule has 0 radical (unpaired) electrons. The standard InChI is InChI=1S/C11H20N2O3/c12-9(7-11(15)16)6-10(14)8-13-4-2-1-3-5-13/h9H,1-8,12H2,(H,15,16). The molecule has 1 fully saturated rings. The van der Waals surface area contributed by atoms with Crippen molar-refractivity contribution in [2.75, 3.05) is 19.6 Å². The van der Waals surface area contributed by atoms with Gasteiger partial charge in [-0.1, -0.05) is 6.42 Å². The smallest absolute Gasteiger partial charge is 0.304 e. The van der Waals surface area contributed by atoms with Gasteiger partial charge in [0.15, 0.2) is 0 Å². The third-order valence-electron chi connectivity index (χ3n) is 2.78. The molecule has 0 saturated carbocycles. The number of carbonyl (C=O) groups excluding carboxylic acids is 1. The van der Waals surface area contributed by atoms with Crippen LogP contribution in [0.2, 0.25) is 0 Å². The number of piperidine rings is 1. The Morgan fingerprint density at radius 3 is 2.38 bits per heavy atom. The van der Waals surface area contributed by atoms with Crippen LogP contribution in [0.15, 0.2) is 0 Å². The fourth-order valence-corrected chi connectivity index (χ4v) is 2.02. The van der Waals surface area contributed by atoms with E-state index in [0.717, 1.165) is 25.9 Å². The van der Waals surface area contributed by atoms with E-state index in [-0.39, 0.29) is 18.6 Å². The average molecular weight is 228 g/mol. The Morgan fingerprint density at radius 2 is 1.81 bits per heavy atom. The molecule has 16 heavy (non-hydrogen) atoms. The van der Waals surface area contributed by atoms with Crippen molar-refractivity contribution in [3.8, 4) is 0 Å². The Labute approximate surface area is 95.6 Å². The van der Waals surface area contributed by atoms with Crippen molar-refractivity contribution in [1.29, 1.82) is 0 Å². The molecular weight excluding hydrogens is 208 g/mol. The average Bonchev–Trinajstić information content (AvgIpc) is 2.17. The van der Waals surface area contributed by atoms with Crippen molar-refractivity contribution in [2.45, 2.75) is 38.1 Å². The fraction of sp³-hybridized carbons (Fsp3) is 0.818. The molecule has 5 heteroatoms. The molecule has 0 spiro atoms. The van der Waals surface area contributed by atoms with Crippen LogP contribution in [0.4, 0.5) is 0 Å². The van der Waals surface area contributed by atoms with Gasteiger partial charge in [-0.25, -0.2) is 0 Å². The maximum absolute atomic E-state index is 11.6. The van der Waals surface area contributed by atoms with Gasteiger partial charge in [0, 0.05) is 12.5 Å². The van der Waals surface area contributed by atoms with Gasteiger partial charge in [-0.2, -0.15) is 0 Å². The maximum atomic E-state index is 11.6. The Bertz CT molecular complexity index is 250. The Morgan fingerprint density at radius 1 is 1.19 bits per heavy atom. The largest absolute Gasteiger partial charge is 0.481 e. The molecule has 1 heterocycles. The van der Waals surface area contributed by atoms with E-state index in [9.17, 15) is 9.59 Å². The number of aliphatic carboxylic acids is 1. The van der Waals surface area contributed by atoms with E-state index in [1.54, 1.807) is 0 Å². The number of nitrogens with two attached hydrogens (primary N) is 1. The second kappa shape index (κ2) is 6.60. The summed E-state index contributed by atoms with van der Waals surface area (Å²) in [7, 11) is 0. The number of carbonyl (C=O) groups is 2. The van der Waals surface area contributed by atoms with Gasteiger partial charge in [-0.3, -0.25) is 14.5 Å². The predicted octanol–water partition coefficient (Wildman–Crippen LogP) is 0.233. The summed E-state index contributed by atoms with van der Waals surface area (Å²) in [5.41, 5.74) is 5.56. The lowest BCUT2D eigenvalue weighted by atomic mass is 10.1. The van der Waals surface area contributed by atoms with Crippen LogP contribution in [0, 0.1) is 0 Å². The fourth-order valence-electron chi connectivity index (χ4n) is 2.02. The highest BCUT2D eigenvalue weighted by molar-refractivity contribution is 5.81. The first kappa shape index (κ1) is 13.1. The molecule has 0 aromatic rings. The van der Waals surface area contributed by atoms with Crippen molar-refractivity contribution in [1.82, 2.24) is 4.90 Å². The lowest BCUT2D eigenvalue weighted by Gasteiger charge is -2.25. The molecule has 3 N–H and O–H groups in total. The van der Waals surface area contributed by atoms with Gasteiger partial charge in [0.1, 0.15) is 5.78 Å². The molecule has 0 aromatic carbocycles. The van der Waals surface area contributed by atoms with E-state index in [2.05, 4.69) is 4.90 Å². The number of ketones is 1. The summed E-state index contributed by atoms with van der Waals surface area (Å²) >= 11 is 0. The Balaban J connectivity index is 2.21. The lowest BCUT2D eigenvalue weighted by molar-refractivity contribution is -0.137.